The number of hydrogen-bond acceptors (Lipinski definition) is 5. The van der Waals surface area contributed by atoms with E-state index in [-0.39, 0.29) is 35.6 Å². The summed E-state index contributed by atoms with van der Waals surface area (Å²) in [4.78, 5) is 25.5. The SMILES string of the molecule is O=C(OC1CCC2C(=O)C(Oc3ccc4ccccc4c3)=COC2C1)c1cccc(Br)c1. The van der Waals surface area contributed by atoms with E-state index in [9.17, 15) is 9.59 Å². The largest absolute Gasteiger partial charge is 0.493 e. The molecule has 162 valence electrons. The fourth-order valence-electron chi connectivity index (χ4n) is 4.31. The van der Waals surface area contributed by atoms with Gasteiger partial charge in [-0.2, -0.15) is 0 Å². The average Bonchev–Trinajstić information content (AvgIpc) is 2.81. The second kappa shape index (κ2) is 8.79. The van der Waals surface area contributed by atoms with Gasteiger partial charge in [-0.15, -0.1) is 0 Å². The highest BCUT2D eigenvalue weighted by molar-refractivity contribution is 9.10. The molecule has 0 N–H and O–H groups in total. The molecule has 0 amide bonds. The third-order valence-electron chi connectivity index (χ3n) is 5.96. The molecular formula is C26H21BrO5. The predicted molar refractivity (Wildman–Crippen MR) is 123 cm³/mol. The van der Waals surface area contributed by atoms with Crippen molar-refractivity contribution in [2.75, 3.05) is 0 Å². The maximum Gasteiger partial charge on any atom is 0.338 e. The van der Waals surface area contributed by atoms with E-state index in [2.05, 4.69) is 15.9 Å². The summed E-state index contributed by atoms with van der Waals surface area (Å²) in [5.74, 6) is 0.0864. The second-order valence-electron chi connectivity index (χ2n) is 8.09. The molecule has 3 aromatic carbocycles. The molecular weight excluding hydrogens is 472 g/mol. The van der Waals surface area contributed by atoms with Crippen LogP contribution in [0.1, 0.15) is 29.6 Å². The second-order valence-corrected chi connectivity index (χ2v) is 9.00. The van der Waals surface area contributed by atoms with Crippen molar-refractivity contribution in [3.05, 3.63) is 88.8 Å². The van der Waals surface area contributed by atoms with E-state index in [0.717, 1.165) is 15.2 Å². The highest BCUT2D eigenvalue weighted by Crippen LogP contribution is 2.35. The van der Waals surface area contributed by atoms with E-state index >= 15 is 0 Å². The van der Waals surface area contributed by atoms with Crippen LogP contribution in [-0.4, -0.2) is 24.0 Å². The standard InChI is InChI=1S/C26H21BrO5/c27-19-7-3-6-18(12-19)26(29)32-21-10-11-22-23(14-21)30-15-24(25(22)28)31-20-9-8-16-4-1-2-5-17(16)13-20/h1-9,12-13,15,21-23H,10-11,14H2. The van der Waals surface area contributed by atoms with Crippen molar-refractivity contribution in [2.24, 2.45) is 5.92 Å². The first-order valence-electron chi connectivity index (χ1n) is 10.6. The van der Waals surface area contributed by atoms with Crippen molar-refractivity contribution in [3.63, 3.8) is 0 Å². The molecule has 3 atom stereocenters. The molecule has 0 radical (unpaired) electrons. The lowest BCUT2D eigenvalue weighted by atomic mass is 9.80. The van der Waals surface area contributed by atoms with E-state index in [1.54, 1.807) is 18.2 Å². The lowest BCUT2D eigenvalue weighted by molar-refractivity contribution is -0.132. The number of carbonyl (C=O) groups excluding carboxylic acids is 2. The van der Waals surface area contributed by atoms with Crippen molar-refractivity contribution >= 4 is 38.5 Å². The molecule has 1 saturated carbocycles. The monoisotopic (exact) mass is 492 g/mol. The number of hydrogen-bond donors (Lipinski definition) is 0. The quantitative estimate of drug-likeness (QED) is 0.429. The topological polar surface area (TPSA) is 61.8 Å². The Hall–Kier alpha value is -3.12. The molecule has 0 aromatic heterocycles. The van der Waals surface area contributed by atoms with Gasteiger partial charge in [-0.25, -0.2) is 4.79 Å². The van der Waals surface area contributed by atoms with Gasteiger partial charge in [0.15, 0.2) is 0 Å². The minimum absolute atomic E-state index is 0.0637. The molecule has 0 bridgehead atoms. The number of rotatable bonds is 4. The first kappa shape index (κ1) is 20.8. The van der Waals surface area contributed by atoms with E-state index in [0.29, 0.717) is 30.6 Å². The van der Waals surface area contributed by atoms with Gasteiger partial charge < -0.3 is 14.2 Å². The first-order chi connectivity index (χ1) is 15.6. The minimum atomic E-state index is -0.368. The molecule has 3 unspecified atom stereocenters. The van der Waals surface area contributed by atoms with Crippen LogP contribution in [0.4, 0.5) is 0 Å². The molecule has 3 aromatic rings. The normalized spacial score (nSPS) is 22.5. The summed E-state index contributed by atoms with van der Waals surface area (Å²) in [6.07, 6.45) is 2.47. The van der Waals surface area contributed by atoms with Crippen molar-refractivity contribution in [1.29, 1.82) is 0 Å². The zero-order chi connectivity index (χ0) is 22.1. The van der Waals surface area contributed by atoms with Gasteiger partial charge in [-0.05, 0) is 53.9 Å². The molecule has 5 rings (SSSR count). The van der Waals surface area contributed by atoms with Crippen LogP contribution in [0.2, 0.25) is 0 Å². The molecule has 1 aliphatic heterocycles. The Bertz CT molecular complexity index is 1220. The van der Waals surface area contributed by atoms with Crippen LogP contribution in [0.25, 0.3) is 10.8 Å². The van der Waals surface area contributed by atoms with Crippen LogP contribution in [0.5, 0.6) is 5.75 Å². The van der Waals surface area contributed by atoms with Crippen LogP contribution in [0.3, 0.4) is 0 Å². The summed E-state index contributed by atoms with van der Waals surface area (Å²) in [7, 11) is 0. The van der Waals surface area contributed by atoms with Gasteiger partial charge >= 0.3 is 5.97 Å². The van der Waals surface area contributed by atoms with Gasteiger partial charge in [0, 0.05) is 10.9 Å². The molecule has 32 heavy (non-hydrogen) atoms. The molecule has 1 fully saturated rings. The van der Waals surface area contributed by atoms with Crippen molar-refractivity contribution in [3.8, 4) is 5.75 Å². The molecule has 0 spiro atoms. The van der Waals surface area contributed by atoms with Gasteiger partial charge in [0.05, 0.1) is 11.5 Å². The van der Waals surface area contributed by atoms with Gasteiger partial charge in [0.2, 0.25) is 11.5 Å². The van der Waals surface area contributed by atoms with Crippen LogP contribution in [-0.2, 0) is 14.3 Å². The van der Waals surface area contributed by atoms with Crippen LogP contribution in [0.15, 0.2) is 83.2 Å². The zero-order valence-corrected chi connectivity index (χ0v) is 18.8. The minimum Gasteiger partial charge on any atom is -0.493 e. The van der Waals surface area contributed by atoms with Crippen molar-refractivity contribution < 1.29 is 23.8 Å². The molecule has 6 heteroatoms. The maximum absolute atomic E-state index is 13.0. The number of esters is 1. The molecule has 5 nitrogen and oxygen atoms in total. The van der Waals surface area contributed by atoms with Gasteiger partial charge in [0.1, 0.15) is 24.2 Å². The van der Waals surface area contributed by atoms with E-state index in [1.165, 1.54) is 6.26 Å². The average molecular weight is 493 g/mol. The highest BCUT2D eigenvalue weighted by Gasteiger charge is 2.42. The number of ketones is 1. The number of Topliss-reactive ketones (excluding diaryl/α,β-unsaturated/α-hetero) is 1. The van der Waals surface area contributed by atoms with E-state index in [1.807, 2.05) is 48.5 Å². The Labute approximate surface area is 194 Å². The maximum atomic E-state index is 13.0. The van der Waals surface area contributed by atoms with Gasteiger partial charge in [-0.3, -0.25) is 4.79 Å². The Kier molecular flexibility index (Phi) is 5.70. The fraction of sp³-hybridized carbons (Fsp3) is 0.231. The summed E-state index contributed by atoms with van der Waals surface area (Å²) in [6.45, 7) is 0. The molecule has 1 heterocycles. The van der Waals surface area contributed by atoms with Crippen LogP contribution < -0.4 is 4.74 Å². The van der Waals surface area contributed by atoms with E-state index < -0.39 is 0 Å². The smallest absolute Gasteiger partial charge is 0.338 e. The molecule has 1 aliphatic carbocycles. The zero-order valence-electron chi connectivity index (χ0n) is 17.2. The predicted octanol–water partition coefficient (Wildman–Crippen LogP) is 5.82. The van der Waals surface area contributed by atoms with Crippen LogP contribution >= 0.6 is 15.9 Å². The van der Waals surface area contributed by atoms with Crippen molar-refractivity contribution in [1.82, 2.24) is 0 Å². The van der Waals surface area contributed by atoms with Gasteiger partial charge in [0.25, 0.3) is 0 Å². The Morgan fingerprint density at radius 2 is 1.81 bits per heavy atom. The Morgan fingerprint density at radius 1 is 0.969 bits per heavy atom. The number of ether oxygens (including phenoxy) is 3. The van der Waals surface area contributed by atoms with Crippen LogP contribution in [0, 0.1) is 5.92 Å². The van der Waals surface area contributed by atoms with E-state index in [4.69, 9.17) is 14.2 Å². The fourth-order valence-corrected chi connectivity index (χ4v) is 4.71. The summed E-state index contributed by atoms with van der Waals surface area (Å²) < 4.78 is 18.2. The summed E-state index contributed by atoms with van der Waals surface area (Å²) in [6, 6.07) is 20.8. The number of allylic oxidation sites excluding steroid dienone is 1. The lowest BCUT2D eigenvalue weighted by Gasteiger charge is -2.36. The Balaban J connectivity index is 1.24. The summed E-state index contributed by atoms with van der Waals surface area (Å²) in [5, 5.41) is 2.15. The number of carbonyl (C=O) groups is 2. The number of benzene rings is 3. The first-order valence-corrected chi connectivity index (χ1v) is 11.4. The van der Waals surface area contributed by atoms with Gasteiger partial charge in [-0.1, -0.05) is 52.3 Å². The molecule has 0 saturated heterocycles. The van der Waals surface area contributed by atoms with Crippen molar-refractivity contribution in [2.45, 2.75) is 31.5 Å². The highest BCUT2D eigenvalue weighted by atomic mass is 79.9. The molecule has 2 aliphatic rings. The lowest BCUT2D eigenvalue weighted by Crippen LogP contribution is -2.43. The number of fused-ring (bicyclic) bond motifs is 2. The summed E-state index contributed by atoms with van der Waals surface area (Å²) in [5.41, 5.74) is 0.494. The summed E-state index contributed by atoms with van der Waals surface area (Å²) >= 11 is 3.37. The number of halogens is 1. The third kappa shape index (κ3) is 4.28. The third-order valence-corrected chi connectivity index (χ3v) is 6.45. The Morgan fingerprint density at radius 3 is 2.66 bits per heavy atom.